The maximum absolute atomic E-state index is 13.5. The Labute approximate surface area is 154 Å². The number of aryl methyl sites for hydroxylation is 1. The number of hydrogen-bond donors (Lipinski definition) is 1. The zero-order chi connectivity index (χ0) is 19.5. The topological polar surface area (TPSA) is 52.9 Å². The molecule has 0 bridgehead atoms. The molecule has 7 heteroatoms. The van der Waals surface area contributed by atoms with Gasteiger partial charge in [0.25, 0.3) is 5.72 Å². The van der Waals surface area contributed by atoms with Gasteiger partial charge in [-0.3, -0.25) is 4.79 Å². The molecule has 0 fully saturated rings. The molecule has 0 aliphatic carbocycles. The molecule has 2 aromatic carbocycles. The second-order valence-corrected chi connectivity index (χ2v) is 6.45. The normalized spacial score (nSPS) is 19.9. The average Bonchev–Trinajstić information content (AvgIpc) is 3.02. The van der Waals surface area contributed by atoms with Crippen LogP contribution in [0.2, 0.25) is 0 Å². The lowest BCUT2D eigenvalue weighted by Gasteiger charge is -2.32. The van der Waals surface area contributed by atoms with Crippen molar-refractivity contribution in [2.75, 3.05) is 0 Å². The molecule has 142 valence electrons. The fourth-order valence-corrected chi connectivity index (χ4v) is 3.01. The third-order valence-electron chi connectivity index (χ3n) is 4.48. The van der Waals surface area contributed by atoms with Gasteiger partial charge in [-0.25, -0.2) is 0 Å². The summed E-state index contributed by atoms with van der Waals surface area (Å²) >= 11 is 0. The summed E-state index contributed by atoms with van der Waals surface area (Å²) in [5.41, 5.74) is -1.85. The first-order valence-electron chi connectivity index (χ1n) is 8.60. The molecule has 0 saturated heterocycles. The molecule has 2 aromatic rings. The lowest BCUT2D eigenvalue weighted by Crippen LogP contribution is -2.56. The molecule has 0 spiro atoms. The van der Waals surface area contributed by atoms with Crippen molar-refractivity contribution in [1.29, 1.82) is 0 Å². The summed E-state index contributed by atoms with van der Waals surface area (Å²) in [6.45, 7) is 0. The summed E-state index contributed by atoms with van der Waals surface area (Å²) in [5.74, 6) is -0.850. The summed E-state index contributed by atoms with van der Waals surface area (Å²) in [4.78, 5) is 12.4. The van der Waals surface area contributed by atoms with Crippen molar-refractivity contribution in [2.45, 2.75) is 37.6 Å². The van der Waals surface area contributed by atoms with E-state index in [0.29, 0.717) is 18.4 Å². The van der Waals surface area contributed by atoms with E-state index < -0.39 is 24.2 Å². The second-order valence-electron chi connectivity index (χ2n) is 6.45. The Morgan fingerprint density at radius 3 is 2.26 bits per heavy atom. The van der Waals surface area contributed by atoms with Gasteiger partial charge in [-0.2, -0.15) is 23.3 Å². The molecule has 1 aliphatic rings. The van der Waals surface area contributed by atoms with Gasteiger partial charge in [0.05, 0.1) is 12.1 Å². The number of hydrogen-bond acceptors (Lipinski definition) is 3. The molecule has 1 amide bonds. The second kappa shape index (κ2) is 7.52. The Bertz CT molecular complexity index is 822. The van der Waals surface area contributed by atoms with Crippen LogP contribution in [-0.4, -0.2) is 33.6 Å². The van der Waals surface area contributed by atoms with Crippen molar-refractivity contribution >= 4 is 11.6 Å². The maximum atomic E-state index is 13.5. The Morgan fingerprint density at radius 1 is 1.07 bits per heavy atom. The van der Waals surface area contributed by atoms with E-state index in [4.69, 9.17) is 0 Å². The minimum Gasteiger partial charge on any atom is -0.362 e. The monoisotopic (exact) mass is 376 g/mol. The van der Waals surface area contributed by atoms with Crippen LogP contribution in [0.15, 0.2) is 65.8 Å². The van der Waals surface area contributed by atoms with Crippen LogP contribution in [0.25, 0.3) is 0 Å². The summed E-state index contributed by atoms with van der Waals surface area (Å²) in [5, 5.41) is 14.3. The predicted octanol–water partition coefficient (Wildman–Crippen LogP) is 3.90. The Balaban J connectivity index is 1.76. The van der Waals surface area contributed by atoms with Gasteiger partial charge in [-0.15, -0.1) is 0 Å². The van der Waals surface area contributed by atoms with Gasteiger partial charge in [0.1, 0.15) is 0 Å². The van der Waals surface area contributed by atoms with E-state index in [9.17, 15) is 23.1 Å². The molecular weight excluding hydrogens is 357 g/mol. The minimum absolute atomic E-state index is 0.0341. The van der Waals surface area contributed by atoms with Gasteiger partial charge in [-0.05, 0) is 24.0 Å². The molecule has 1 atom stereocenters. The summed E-state index contributed by atoms with van der Waals surface area (Å²) in [7, 11) is 0. The highest BCUT2D eigenvalue weighted by Crippen LogP contribution is 2.41. The number of alkyl halides is 3. The van der Waals surface area contributed by atoms with Crippen LogP contribution >= 0.6 is 0 Å². The van der Waals surface area contributed by atoms with E-state index in [0.717, 1.165) is 5.56 Å². The maximum Gasteiger partial charge on any atom is 0.438 e. The molecule has 4 nitrogen and oxygen atoms in total. The van der Waals surface area contributed by atoms with E-state index in [1.165, 1.54) is 0 Å². The van der Waals surface area contributed by atoms with Crippen molar-refractivity contribution in [3.05, 3.63) is 71.8 Å². The minimum atomic E-state index is -5.01. The highest BCUT2D eigenvalue weighted by Gasteiger charge is 2.63. The largest absolute Gasteiger partial charge is 0.438 e. The molecule has 0 unspecified atom stereocenters. The Morgan fingerprint density at radius 2 is 1.67 bits per heavy atom. The van der Waals surface area contributed by atoms with Crippen LogP contribution in [0.3, 0.4) is 0 Å². The third-order valence-corrected chi connectivity index (χ3v) is 4.48. The average molecular weight is 376 g/mol. The van der Waals surface area contributed by atoms with Crippen LogP contribution in [0.1, 0.15) is 30.4 Å². The molecule has 3 rings (SSSR count). The Kier molecular flexibility index (Phi) is 5.32. The number of rotatable bonds is 5. The molecule has 27 heavy (non-hydrogen) atoms. The number of aliphatic hydroxyl groups is 1. The van der Waals surface area contributed by atoms with Gasteiger partial charge in [0.2, 0.25) is 5.91 Å². The quantitative estimate of drug-likeness (QED) is 0.861. The predicted molar refractivity (Wildman–Crippen MR) is 94.8 cm³/mol. The van der Waals surface area contributed by atoms with E-state index in [-0.39, 0.29) is 17.1 Å². The van der Waals surface area contributed by atoms with Crippen LogP contribution in [-0.2, 0) is 11.2 Å². The number of amides is 1. The first-order valence-corrected chi connectivity index (χ1v) is 8.60. The van der Waals surface area contributed by atoms with Crippen LogP contribution in [0.5, 0.6) is 0 Å². The van der Waals surface area contributed by atoms with Crippen molar-refractivity contribution in [1.82, 2.24) is 5.01 Å². The van der Waals surface area contributed by atoms with Crippen molar-refractivity contribution < 1.29 is 23.1 Å². The van der Waals surface area contributed by atoms with Gasteiger partial charge in [-0.1, -0.05) is 60.7 Å². The summed E-state index contributed by atoms with van der Waals surface area (Å²) < 4.78 is 40.5. The summed E-state index contributed by atoms with van der Waals surface area (Å²) in [6.07, 6.45) is -5.02. The molecule has 1 heterocycles. The van der Waals surface area contributed by atoms with E-state index in [2.05, 4.69) is 5.10 Å². The number of nitrogens with zero attached hydrogens (tertiary/aromatic N) is 2. The fourth-order valence-electron chi connectivity index (χ4n) is 3.01. The third kappa shape index (κ3) is 4.03. The zero-order valence-electron chi connectivity index (χ0n) is 14.5. The van der Waals surface area contributed by atoms with Crippen molar-refractivity contribution in [3.63, 3.8) is 0 Å². The van der Waals surface area contributed by atoms with E-state index in [1.807, 2.05) is 30.3 Å². The van der Waals surface area contributed by atoms with E-state index in [1.54, 1.807) is 30.3 Å². The molecular formula is C20H19F3N2O2. The number of hydrazone groups is 1. The lowest BCUT2D eigenvalue weighted by molar-refractivity contribution is -0.302. The first kappa shape index (κ1) is 19.1. The number of benzene rings is 2. The number of carbonyl (C=O) groups is 1. The smallest absolute Gasteiger partial charge is 0.362 e. The van der Waals surface area contributed by atoms with Gasteiger partial charge in [0.15, 0.2) is 0 Å². The standard InChI is InChI=1S/C20H19F3N2O2/c21-20(22,23)19(27)14-17(16-11-5-2-6-12-16)24-25(19)18(26)13-7-10-15-8-3-1-4-9-15/h1-6,8-9,11-12,27H,7,10,13-14H2/t19-/m0/s1. The molecule has 0 aromatic heterocycles. The van der Waals surface area contributed by atoms with Gasteiger partial charge >= 0.3 is 6.18 Å². The highest BCUT2D eigenvalue weighted by atomic mass is 19.4. The fraction of sp³-hybridized carbons (Fsp3) is 0.300. The molecule has 0 saturated carbocycles. The molecule has 0 radical (unpaired) electrons. The molecule has 1 aliphatic heterocycles. The van der Waals surface area contributed by atoms with Crippen LogP contribution in [0, 0.1) is 0 Å². The SMILES string of the molecule is O=C(CCCc1ccccc1)N1N=C(c2ccccc2)C[C@]1(O)C(F)(F)F. The van der Waals surface area contributed by atoms with Crippen molar-refractivity contribution in [3.8, 4) is 0 Å². The Hall–Kier alpha value is -2.67. The van der Waals surface area contributed by atoms with Crippen molar-refractivity contribution in [2.24, 2.45) is 5.10 Å². The number of halogens is 3. The zero-order valence-corrected chi connectivity index (χ0v) is 14.5. The van der Waals surface area contributed by atoms with Gasteiger partial charge in [0, 0.05) is 6.42 Å². The van der Waals surface area contributed by atoms with Crippen LogP contribution in [0.4, 0.5) is 13.2 Å². The first-order chi connectivity index (χ1) is 12.8. The highest BCUT2D eigenvalue weighted by molar-refractivity contribution is 6.03. The molecule has 1 N–H and O–H groups in total. The number of carbonyl (C=O) groups excluding carboxylic acids is 1. The van der Waals surface area contributed by atoms with E-state index >= 15 is 0 Å². The van der Waals surface area contributed by atoms with Gasteiger partial charge < -0.3 is 5.11 Å². The lowest BCUT2D eigenvalue weighted by atomic mass is 10.0. The van der Waals surface area contributed by atoms with Crippen LogP contribution < -0.4 is 0 Å². The summed E-state index contributed by atoms with van der Waals surface area (Å²) in [6, 6.07) is 17.6.